The third-order valence-corrected chi connectivity index (χ3v) is 4.67. The van der Waals surface area contributed by atoms with Gasteiger partial charge >= 0.3 is 0 Å². The second-order valence-electron chi connectivity index (χ2n) is 7.72. The SMILES string of the molecule is Cc1cc(C)c(N(CC(C)(C)c2ccccc2)C(C)C)c(C)c1. The highest BCUT2D eigenvalue weighted by atomic mass is 15.2. The van der Waals surface area contributed by atoms with E-state index in [9.17, 15) is 0 Å². The van der Waals surface area contributed by atoms with Crippen molar-refractivity contribution in [1.29, 1.82) is 0 Å². The number of aryl methyl sites for hydroxylation is 3. The number of rotatable bonds is 5. The molecule has 0 radical (unpaired) electrons. The van der Waals surface area contributed by atoms with E-state index in [1.165, 1.54) is 27.9 Å². The summed E-state index contributed by atoms with van der Waals surface area (Å²) in [6.07, 6.45) is 0. The van der Waals surface area contributed by atoms with Crippen molar-refractivity contribution in [2.24, 2.45) is 0 Å². The van der Waals surface area contributed by atoms with Gasteiger partial charge in [-0.1, -0.05) is 61.9 Å². The lowest BCUT2D eigenvalue weighted by Crippen LogP contribution is -2.42. The summed E-state index contributed by atoms with van der Waals surface area (Å²) in [7, 11) is 0. The van der Waals surface area contributed by atoms with Crippen LogP contribution in [0.15, 0.2) is 42.5 Å². The van der Waals surface area contributed by atoms with Crippen molar-refractivity contribution in [3.05, 3.63) is 64.7 Å². The molecular weight excluding hydrogens is 278 g/mol. The summed E-state index contributed by atoms with van der Waals surface area (Å²) in [5, 5.41) is 0. The Bertz CT molecular complexity index is 630. The summed E-state index contributed by atoms with van der Waals surface area (Å²) in [5.74, 6) is 0. The fraction of sp³-hybridized carbons (Fsp3) is 0.455. The van der Waals surface area contributed by atoms with Gasteiger partial charge in [0.2, 0.25) is 0 Å². The largest absolute Gasteiger partial charge is 0.368 e. The van der Waals surface area contributed by atoms with Crippen molar-refractivity contribution in [2.75, 3.05) is 11.4 Å². The molecule has 1 nitrogen and oxygen atoms in total. The van der Waals surface area contributed by atoms with Crippen LogP contribution >= 0.6 is 0 Å². The van der Waals surface area contributed by atoms with Crippen molar-refractivity contribution in [1.82, 2.24) is 0 Å². The molecule has 0 amide bonds. The normalized spacial score (nSPS) is 11.8. The maximum Gasteiger partial charge on any atom is 0.0428 e. The maximum absolute atomic E-state index is 2.57. The Kier molecular flexibility index (Phi) is 5.19. The summed E-state index contributed by atoms with van der Waals surface area (Å²) in [6.45, 7) is 16.9. The molecule has 0 aliphatic rings. The van der Waals surface area contributed by atoms with E-state index in [-0.39, 0.29) is 5.41 Å². The number of benzene rings is 2. The Balaban J connectivity index is 2.41. The Morgan fingerprint density at radius 1 is 0.913 bits per heavy atom. The zero-order valence-corrected chi connectivity index (χ0v) is 15.8. The van der Waals surface area contributed by atoms with Gasteiger partial charge in [-0.2, -0.15) is 0 Å². The molecule has 2 aromatic carbocycles. The van der Waals surface area contributed by atoms with Crippen LogP contribution in [-0.4, -0.2) is 12.6 Å². The van der Waals surface area contributed by atoms with Crippen molar-refractivity contribution in [3.63, 3.8) is 0 Å². The minimum Gasteiger partial charge on any atom is -0.368 e. The second kappa shape index (κ2) is 6.78. The topological polar surface area (TPSA) is 3.24 Å². The van der Waals surface area contributed by atoms with E-state index in [4.69, 9.17) is 0 Å². The third-order valence-electron chi connectivity index (χ3n) is 4.67. The van der Waals surface area contributed by atoms with E-state index >= 15 is 0 Å². The van der Waals surface area contributed by atoms with Gasteiger partial charge < -0.3 is 4.90 Å². The highest BCUT2D eigenvalue weighted by Crippen LogP contribution is 2.32. The van der Waals surface area contributed by atoms with Crippen LogP contribution < -0.4 is 4.90 Å². The van der Waals surface area contributed by atoms with E-state index in [1.54, 1.807) is 0 Å². The van der Waals surface area contributed by atoms with Crippen LogP contribution in [0.3, 0.4) is 0 Å². The molecule has 2 rings (SSSR count). The van der Waals surface area contributed by atoms with E-state index in [0.29, 0.717) is 6.04 Å². The van der Waals surface area contributed by atoms with Crippen LogP contribution in [-0.2, 0) is 5.41 Å². The first-order valence-corrected chi connectivity index (χ1v) is 8.62. The molecule has 0 atom stereocenters. The molecule has 0 unspecified atom stereocenters. The fourth-order valence-electron chi connectivity index (χ4n) is 3.55. The Morgan fingerprint density at radius 2 is 1.43 bits per heavy atom. The first-order valence-electron chi connectivity index (χ1n) is 8.62. The van der Waals surface area contributed by atoms with E-state index in [1.807, 2.05) is 0 Å². The molecule has 0 saturated heterocycles. The molecule has 23 heavy (non-hydrogen) atoms. The molecule has 1 heteroatoms. The minimum absolute atomic E-state index is 0.106. The minimum atomic E-state index is 0.106. The zero-order chi connectivity index (χ0) is 17.2. The molecule has 0 aliphatic carbocycles. The van der Waals surface area contributed by atoms with Crippen molar-refractivity contribution in [2.45, 2.75) is 59.9 Å². The van der Waals surface area contributed by atoms with E-state index in [2.05, 4.69) is 95.8 Å². The lowest BCUT2D eigenvalue weighted by molar-refractivity contribution is 0.488. The molecular formula is C22H31N. The van der Waals surface area contributed by atoms with Crippen LogP contribution in [0, 0.1) is 20.8 Å². The smallest absolute Gasteiger partial charge is 0.0428 e. The fourth-order valence-corrected chi connectivity index (χ4v) is 3.55. The Hall–Kier alpha value is -1.76. The van der Waals surface area contributed by atoms with Crippen LogP contribution in [0.2, 0.25) is 0 Å². The molecule has 0 spiro atoms. The second-order valence-corrected chi connectivity index (χ2v) is 7.72. The monoisotopic (exact) mass is 309 g/mol. The van der Waals surface area contributed by atoms with Crippen LogP contribution in [0.1, 0.15) is 49.9 Å². The Labute approximate surface area is 142 Å². The van der Waals surface area contributed by atoms with Crippen LogP contribution in [0.4, 0.5) is 5.69 Å². The summed E-state index contributed by atoms with van der Waals surface area (Å²) < 4.78 is 0. The van der Waals surface area contributed by atoms with Gasteiger partial charge in [0.05, 0.1) is 0 Å². The molecule has 0 aliphatic heterocycles. The first kappa shape index (κ1) is 17.6. The number of nitrogens with zero attached hydrogens (tertiary/aromatic N) is 1. The molecule has 0 heterocycles. The van der Waals surface area contributed by atoms with Crippen LogP contribution in [0.5, 0.6) is 0 Å². The molecule has 0 fully saturated rings. The average molecular weight is 309 g/mol. The predicted molar refractivity (Wildman–Crippen MR) is 103 cm³/mol. The number of hydrogen-bond donors (Lipinski definition) is 0. The molecule has 0 saturated carbocycles. The van der Waals surface area contributed by atoms with Gasteiger partial charge in [-0.15, -0.1) is 0 Å². The summed E-state index contributed by atoms with van der Waals surface area (Å²) in [5.41, 5.74) is 6.99. The van der Waals surface area contributed by atoms with Crippen LogP contribution in [0.25, 0.3) is 0 Å². The number of anilines is 1. The van der Waals surface area contributed by atoms with Gasteiger partial charge in [0, 0.05) is 23.7 Å². The van der Waals surface area contributed by atoms with Gasteiger partial charge in [-0.25, -0.2) is 0 Å². The predicted octanol–water partition coefficient (Wildman–Crippen LogP) is 5.80. The Morgan fingerprint density at radius 3 is 1.91 bits per heavy atom. The summed E-state index contributed by atoms with van der Waals surface area (Å²) >= 11 is 0. The molecule has 0 N–H and O–H groups in total. The maximum atomic E-state index is 2.57. The quantitative estimate of drug-likeness (QED) is 0.674. The van der Waals surface area contributed by atoms with Gasteiger partial charge in [0.15, 0.2) is 0 Å². The summed E-state index contributed by atoms with van der Waals surface area (Å²) in [6, 6.07) is 15.9. The molecule has 0 aromatic heterocycles. The molecule has 2 aromatic rings. The van der Waals surface area contributed by atoms with Gasteiger partial charge in [0.25, 0.3) is 0 Å². The molecule has 124 valence electrons. The van der Waals surface area contributed by atoms with Crippen molar-refractivity contribution in [3.8, 4) is 0 Å². The lowest BCUT2D eigenvalue weighted by atomic mass is 9.83. The van der Waals surface area contributed by atoms with Crippen molar-refractivity contribution < 1.29 is 0 Å². The van der Waals surface area contributed by atoms with Gasteiger partial charge in [-0.05, 0) is 51.3 Å². The summed E-state index contributed by atoms with van der Waals surface area (Å²) in [4.78, 5) is 2.57. The lowest BCUT2D eigenvalue weighted by Gasteiger charge is -2.39. The highest BCUT2D eigenvalue weighted by molar-refractivity contribution is 5.61. The standard InChI is InChI=1S/C22H31N/c1-16(2)23(21-18(4)13-17(3)14-19(21)5)15-22(6,7)20-11-9-8-10-12-20/h8-14,16H,15H2,1-7H3. The van der Waals surface area contributed by atoms with Crippen molar-refractivity contribution >= 4 is 5.69 Å². The van der Waals surface area contributed by atoms with Gasteiger partial charge in [0.1, 0.15) is 0 Å². The highest BCUT2D eigenvalue weighted by Gasteiger charge is 2.27. The van der Waals surface area contributed by atoms with E-state index in [0.717, 1.165) is 6.54 Å². The first-order chi connectivity index (χ1) is 10.7. The average Bonchev–Trinajstić information content (AvgIpc) is 2.46. The zero-order valence-electron chi connectivity index (χ0n) is 15.8. The van der Waals surface area contributed by atoms with E-state index < -0.39 is 0 Å². The number of hydrogen-bond acceptors (Lipinski definition) is 1. The molecule has 0 bridgehead atoms. The third kappa shape index (κ3) is 3.96. The van der Waals surface area contributed by atoms with Gasteiger partial charge in [-0.3, -0.25) is 0 Å².